The van der Waals surface area contributed by atoms with Crippen LogP contribution >= 0.6 is 11.3 Å². The minimum atomic E-state index is 0.334. The molecule has 2 aromatic rings. The molecule has 0 aliphatic heterocycles. The maximum Gasteiger partial charge on any atom is 0.0673 e. The van der Waals surface area contributed by atoms with E-state index in [2.05, 4.69) is 62.7 Å². The Kier molecular flexibility index (Phi) is 6.01. The van der Waals surface area contributed by atoms with Crippen LogP contribution in [-0.2, 0) is 12.8 Å². The average Bonchev–Trinajstić information content (AvgIpc) is 2.93. The van der Waals surface area contributed by atoms with E-state index in [0.717, 1.165) is 25.8 Å². The third-order valence-corrected chi connectivity index (χ3v) is 5.17. The molecule has 1 aromatic carbocycles. The molecule has 2 rings (SSSR count). The molecule has 0 fully saturated rings. The Hall–Kier alpha value is -1.12. The summed E-state index contributed by atoms with van der Waals surface area (Å²) in [5.41, 5.74) is 5.78. The molecule has 1 nitrogen and oxygen atoms in total. The summed E-state index contributed by atoms with van der Waals surface area (Å²) in [6.45, 7) is 9.99. The summed E-state index contributed by atoms with van der Waals surface area (Å²) in [6.07, 6.45) is 3.39. The minimum absolute atomic E-state index is 0.334. The molecule has 2 heteroatoms. The molecular weight excluding hydrogens is 274 g/mol. The van der Waals surface area contributed by atoms with Gasteiger partial charge < -0.3 is 5.32 Å². The fraction of sp³-hybridized carbons (Fsp3) is 0.474. The van der Waals surface area contributed by atoms with Crippen LogP contribution < -0.4 is 5.32 Å². The zero-order chi connectivity index (χ0) is 15.2. The van der Waals surface area contributed by atoms with Crippen molar-refractivity contribution in [2.24, 2.45) is 0 Å². The second-order valence-electron chi connectivity index (χ2n) is 5.59. The predicted octanol–water partition coefficient (Wildman–Crippen LogP) is 5.27. The van der Waals surface area contributed by atoms with Gasteiger partial charge in [-0.05, 0) is 66.4 Å². The maximum atomic E-state index is 3.73. The second-order valence-corrected chi connectivity index (χ2v) is 6.54. The summed E-state index contributed by atoms with van der Waals surface area (Å²) in [5.74, 6) is 0. The topological polar surface area (TPSA) is 12.0 Å². The van der Waals surface area contributed by atoms with Gasteiger partial charge in [0.15, 0.2) is 0 Å². The monoisotopic (exact) mass is 301 g/mol. The molecule has 1 aromatic heterocycles. The van der Waals surface area contributed by atoms with E-state index in [-0.39, 0.29) is 0 Å². The van der Waals surface area contributed by atoms with Gasteiger partial charge in [-0.3, -0.25) is 0 Å². The van der Waals surface area contributed by atoms with Crippen LogP contribution in [0.5, 0.6) is 0 Å². The maximum absolute atomic E-state index is 3.73. The van der Waals surface area contributed by atoms with E-state index in [9.17, 15) is 0 Å². The highest BCUT2D eigenvalue weighted by Gasteiger charge is 2.17. The third-order valence-electron chi connectivity index (χ3n) is 4.09. The Morgan fingerprint density at radius 1 is 1.05 bits per heavy atom. The number of rotatable bonds is 7. The molecule has 114 valence electrons. The smallest absolute Gasteiger partial charge is 0.0673 e. The van der Waals surface area contributed by atoms with Gasteiger partial charge in [-0.15, -0.1) is 11.3 Å². The summed E-state index contributed by atoms with van der Waals surface area (Å²) >= 11 is 1.86. The quantitative estimate of drug-likeness (QED) is 0.734. The van der Waals surface area contributed by atoms with Crippen LogP contribution in [0.4, 0.5) is 0 Å². The van der Waals surface area contributed by atoms with E-state index >= 15 is 0 Å². The summed E-state index contributed by atoms with van der Waals surface area (Å²) in [7, 11) is 0. The second kappa shape index (κ2) is 7.77. The van der Waals surface area contributed by atoms with Crippen LogP contribution in [0.2, 0.25) is 0 Å². The molecule has 0 bridgehead atoms. The van der Waals surface area contributed by atoms with Crippen molar-refractivity contribution >= 4 is 11.3 Å². The molecule has 0 saturated heterocycles. The van der Waals surface area contributed by atoms with Gasteiger partial charge >= 0.3 is 0 Å². The highest BCUT2D eigenvalue weighted by atomic mass is 32.1. The zero-order valence-corrected chi connectivity index (χ0v) is 14.5. The number of hydrogen-bond donors (Lipinski definition) is 1. The summed E-state index contributed by atoms with van der Waals surface area (Å²) in [5, 5.41) is 5.93. The lowest BCUT2D eigenvalue weighted by Gasteiger charge is -2.20. The number of hydrogen-bond acceptors (Lipinski definition) is 2. The first-order valence-corrected chi connectivity index (χ1v) is 8.98. The van der Waals surface area contributed by atoms with Gasteiger partial charge in [0.25, 0.3) is 0 Å². The van der Waals surface area contributed by atoms with Gasteiger partial charge in [-0.25, -0.2) is 0 Å². The Morgan fingerprint density at radius 3 is 2.38 bits per heavy atom. The van der Waals surface area contributed by atoms with Crippen molar-refractivity contribution in [3.05, 3.63) is 56.8 Å². The number of aryl methyl sites for hydroxylation is 3. The lowest BCUT2D eigenvalue weighted by Crippen LogP contribution is -2.23. The fourth-order valence-corrected chi connectivity index (χ4v) is 3.86. The molecule has 0 aliphatic rings. The molecule has 1 atom stereocenters. The van der Waals surface area contributed by atoms with Crippen molar-refractivity contribution in [1.82, 2.24) is 5.32 Å². The minimum Gasteiger partial charge on any atom is -0.306 e. The molecule has 0 radical (unpaired) electrons. The van der Waals surface area contributed by atoms with Crippen molar-refractivity contribution < 1.29 is 0 Å². The average molecular weight is 301 g/mol. The molecule has 1 N–H and O–H groups in total. The van der Waals surface area contributed by atoms with Crippen molar-refractivity contribution in [2.75, 3.05) is 6.54 Å². The van der Waals surface area contributed by atoms with Crippen molar-refractivity contribution in [3.8, 4) is 0 Å². The standard InChI is InChI=1S/C19H27NS/c1-5-11-20-18(19-14(4)10-12-21-19)17-9-8-15(6-2)16(7-3)13-17/h8-10,12-13,18,20H,5-7,11H2,1-4H3. The molecule has 0 amide bonds. The van der Waals surface area contributed by atoms with Gasteiger partial charge in [-0.2, -0.15) is 0 Å². The summed E-state index contributed by atoms with van der Waals surface area (Å²) < 4.78 is 0. The van der Waals surface area contributed by atoms with Crippen LogP contribution in [0, 0.1) is 6.92 Å². The molecule has 0 aliphatic carbocycles. The van der Waals surface area contributed by atoms with Crippen molar-refractivity contribution in [1.29, 1.82) is 0 Å². The van der Waals surface area contributed by atoms with E-state index in [1.807, 2.05) is 11.3 Å². The van der Waals surface area contributed by atoms with E-state index in [1.165, 1.54) is 27.1 Å². The molecule has 1 heterocycles. The third kappa shape index (κ3) is 3.75. The lowest BCUT2D eigenvalue weighted by atomic mass is 9.95. The van der Waals surface area contributed by atoms with Gasteiger partial charge in [0.05, 0.1) is 6.04 Å². The van der Waals surface area contributed by atoms with Crippen LogP contribution in [-0.4, -0.2) is 6.54 Å². The van der Waals surface area contributed by atoms with Gasteiger partial charge in [0.2, 0.25) is 0 Å². The molecule has 0 saturated carbocycles. The SMILES string of the molecule is CCCNC(c1ccc(CC)c(CC)c1)c1sccc1C. The van der Waals surface area contributed by atoms with Crippen LogP contribution in [0.3, 0.4) is 0 Å². The van der Waals surface area contributed by atoms with E-state index in [4.69, 9.17) is 0 Å². The highest BCUT2D eigenvalue weighted by molar-refractivity contribution is 7.10. The van der Waals surface area contributed by atoms with E-state index in [0.29, 0.717) is 6.04 Å². The van der Waals surface area contributed by atoms with Crippen LogP contribution in [0.15, 0.2) is 29.6 Å². The first-order valence-electron chi connectivity index (χ1n) is 8.10. The lowest BCUT2D eigenvalue weighted by molar-refractivity contribution is 0.603. The van der Waals surface area contributed by atoms with Gasteiger partial charge in [0.1, 0.15) is 0 Å². The van der Waals surface area contributed by atoms with Crippen LogP contribution in [0.1, 0.15) is 60.4 Å². The molecule has 0 spiro atoms. The van der Waals surface area contributed by atoms with Crippen molar-refractivity contribution in [3.63, 3.8) is 0 Å². The Morgan fingerprint density at radius 2 is 1.81 bits per heavy atom. The Balaban J connectivity index is 2.39. The van der Waals surface area contributed by atoms with E-state index in [1.54, 1.807) is 0 Å². The van der Waals surface area contributed by atoms with Gasteiger partial charge in [0, 0.05) is 4.88 Å². The largest absolute Gasteiger partial charge is 0.306 e. The Bertz CT molecular complexity index is 571. The van der Waals surface area contributed by atoms with Gasteiger partial charge in [-0.1, -0.05) is 39.0 Å². The van der Waals surface area contributed by atoms with E-state index < -0.39 is 0 Å². The molecule has 21 heavy (non-hydrogen) atoms. The highest BCUT2D eigenvalue weighted by Crippen LogP contribution is 2.30. The normalized spacial score (nSPS) is 12.6. The van der Waals surface area contributed by atoms with Crippen LogP contribution in [0.25, 0.3) is 0 Å². The number of benzene rings is 1. The number of nitrogens with one attached hydrogen (secondary N) is 1. The predicted molar refractivity (Wildman–Crippen MR) is 94.4 cm³/mol. The molecule has 1 unspecified atom stereocenters. The summed E-state index contributed by atoms with van der Waals surface area (Å²) in [6, 6.07) is 9.59. The Labute approximate surface area is 133 Å². The molecular formula is C19H27NS. The number of thiophene rings is 1. The van der Waals surface area contributed by atoms with Crippen molar-refractivity contribution in [2.45, 2.75) is 53.0 Å². The first-order chi connectivity index (χ1) is 10.2. The summed E-state index contributed by atoms with van der Waals surface area (Å²) in [4.78, 5) is 1.45. The zero-order valence-electron chi connectivity index (χ0n) is 13.7. The fourth-order valence-electron chi connectivity index (χ4n) is 2.83. The first kappa shape index (κ1) is 16.3.